The molecule has 6 heteroatoms. The van der Waals surface area contributed by atoms with Crippen molar-refractivity contribution < 1.29 is 14.0 Å². The molecule has 4 nitrogen and oxygen atoms in total. The second kappa shape index (κ2) is 9.65. The van der Waals surface area contributed by atoms with Crippen molar-refractivity contribution in [2.45, 2.75) is 45.8 Å². The first-order valence-corrected chi connectivity index (χ1v) is 9.65. The van der Waals surface area contributed by atoms with Gasteiger partial charge in [-0.05, 0) is 50.1 Å². The lowest BCUT2D eigenvalue weighted by Gasteiger charge is -2.29. The molecule has 0 aliphatic carbocycles. The zero-order chi connectivity index (χ0) is 20.0. The highest BCUT2D eigenvalue weighted by molar-refractivity contribution is 9.10. The Labute approximate surface area is 167 Å². The van der Waals surface area contributed by atoms with Crippen molar-refractivity contribution in [1.82, 2.24) is 10.2 Å². The molecular formula is C21H24BrFN2O2. The summed E-state index contributed by atoms with van der Waals surface area (Å²) in [5, 5.41) is 2.83. The van der Waals surface area contributed by atoms with Gasteiger partial charge in [0.25, 0.3) is 0 Å². The van der Waals surface area contributed by atoms with Crippen LogP contribution in [0.5, 0.6) is 0 Å². The minimum atomic E-state index is -0.675. The summed E-state index contributed by atoms with van der Waals surface area (Å²) in [6.45, 7) is 5.68. The Morgan fingerprint density at radius 1 is 1.11 bits per heavy atom. The number of hydrogen-bond acceptors (Lipinski definition) is 2. The number of nitrogens with zero attached hydrogens (tertiary/aromatic N) is 1. The molecule has 0 saturated carbocycles. The molecule has 0 aromatic heterocycles. The maximum atomic E-state index is 14.0. The molecule has 2 aromatic carbocycles. The highest BCUT2D eigenvalue weighted by Crippen LogP contribution is 2.17. The first kappa shape index (κ1) is 21.1. The highest BCUT2D eigenvalue weighted by Gasteiger charge is 2.27. The molecular weight excluding hydrogens is 411 g/mol. The van der Waals surface area contributed by atoms with Crippen LogP contribution in [0.2, 0.25) is 0 Å². The van der Waals surface area contributed by atoms with Crippen LogP contribution in [-0.4, -0.2) is 28.8 Å². The normalized spacial score (nSPS) is 11.9. The van der Waals surface area contributed by atoms with Crippen LogP contribution in [0.25, 0.3) is 0 Å². The van der Waals surface area contributed by atoms with E-state index < -0.39 is 11.9 Å². The SMILES string of the molecule is CC(C)NC(=O)C(C)N(Cc1cccc(Br)c1)C(=O)Cc1ccccc1F. The van der Waals surface area contributed by atoms with E-state index in [4.69, 9.17) is 0 Å². The third-order valence-electron chi connectivity index (χ3n) is 4.14. The summed E-state index contributed by atoms with van der Waals surface area (Å²) in [4.78, 5) is 26.9. The van der Waals surface area contributed by atoms with Gasteiger partial charge in [0.05, 0.1) is 6.42 Å². The molecule has 0 spiro atoms. The van der Waals surface area contributed by atoms with Gasteiger partial charge in [-0.25, -0.2) is 4.39 Å². The van der Waals surface area contributed by atoms with E-state index in [0.29, 0.717) is 5.56 Å². The van der Waals surface area contributed by atoms with Crippen LogP contribution in [0.15, 0.2) is 53.0 Å². The molecule has 0 aliphatic heterocycles. The van der Waals surface area contributed by atoms with E-state index in [1.54, 1.807) is 25.1 Å². The topological polar surface area (TPSA) is 49.4 Å². The molecule has 1 N–H and O–H groups in total. The van der Waals surface area contributed by atoms with Gasteiger partial charge in [0, 0.05) is 17.1 Å². The number of nitrogens with one attached hydrogen (secondary N) is 1. The zero-order valence-electron chi connectivity index (χ0n) is 15.7. The number of carbonyl (C=O) groups is 2. The summed E-state index contributed by atoms with van der Waals surface area (Å²) < 4.78 is 14.9. The zero-order valence-corrected chi connectivity index (χ0v) is 17.3. The highest BCUT2D eigenvalue weighted by atomic mass is 79.9. The fraction of sp³-hybridized carbons (Fsp3) is 0.333. The number of hydrogen-bond donors (Lipinski definition) is 1. The lowest BCUT2D eigenvalue weighted by atomic mass is 10.1. The second-order valence-electron chi connectivity index (χ2n) is 6.76. The number of halogens is 2. The summed E-state index contributed by atoms with van der Waals surface area (Å²) in [7, 11) is 0. The maximum Gasteiger partial charge on any atom is 0.242 e. The molecule has 27 heavy (non-hydrogen) atoms. The second-order valence-corrected chi connectivity index (χ2v) is 7.67. The van der Waals surface area contributed by atoms with Crippen molar-refractivity contribution in [3.05, 3.63) is 69.9 Å². The first-order valence-electron chi connectivity index (χ1n) is 8.85. The van der Waals surface area contributed by atoms with Crippen LogP contribution in [0.1, 0.15) is 31.9 Å². The average molecular weight is 435 g/mol. The maximum absolute atomic E-state index is 14.0. The van der Waals surface area contributed by atoms with Gasteiger partial charge in [0.2, 0.25) is 11.8 Å². The predicted octanol–water partition coefficient (Wildman–Crippen LogP) is 4.07. The molecule has 0 saturated heterocycles. The summed E-state index contributed by atoms with van der Waals surface area (Å²) in [6, 6.07) is 13.0. The van der Waals surface area contributed by atoms with Gasteiger partial charge in [-0.2, -0.15) is 0 Å². The third kappa shape index (κ3) is 6.17. The molecule has 1 atom stereocenters. The average Bonchev–Trinajstić information content (AvgIpc) is 2.60. The molecule has 144 valence electrons. The standard InChI is InChI=1S/C21H24BrFN2O2/c1-14(2)24-21(27)15(3)25(13-16-7-6-9-18(22)11-16)20(26)12-17-8-4-5-10-19(17)23/h4-11,14-15H,12-13H2,1-3H3,(H,24,27). The van der Waals surface area contributed by atoms with Crippen molar-refractivity contribution >= 4 is 27.7 Å². The Morgan fingerprint density at radius 2 is 1.81 bits per heavy atom. The fourth-order valence-electron chi connectivity index (χ4n) is 2.73. The van der Waals surface area contributed by atoms with Crippen LogP contribution < -0.4 is 5.32 Å². The molecule has 0 aliphatic rings. The van der Waals surface area contributed by atoms with Crippen LogP contribution in [0.3, 0.4) is 0 Å². The van der Waals surface area contributed by atoms with Crippen LogP contribution in [0, 0.1) is 5.82 Å². The summed E-state index contributed by atoms with van der Waals surface area (Å²) in [6.07, 6.45) is -0.0972. The van der Waals surface area contributed by atoms with Gasteiger partial charge in [0.1, 0.15) is 11.9 Å². The number of amides is 2. The Morgan fingerprint density at radius 3 is 2.44 bits per heavy atom. The number of benzene rings is 2. The Balaban J connectivity index is 2.26. The van der Waals surface area contributed by atoms with E-state index in [-0.39, 0.29) is 30.8 Å². The molecule has 0 bridgehead atoms. The summed E-state index contributed by atoms with van der Waals surface area (Å²) >= 11 is 3.42. The number of carbonyl (C=O) groups excluding carboxylic acids is 2. The van der Waals surface area contributed by atoms with Crippen LogP contribution >= 0.6 is 15.9 Å². The largest absolute Gasteiger partial charge is 0.352 e. The lowest BCUT2D eigenvalue weighted by molar-refractivity contribution is -0.140. The summed E-state index contributed by atoms with van der Waals surface area (Å²) in [5.74, 6) is -0.957. The van der Waals surface area contributed by atoms with Gasteiger partial charge in [-0.3, -0.25) is 9.59 Å². The smallest absolute Gasteiger partial charge is 0.242 e. The van der Waals surface area contributed by atoms with Crippen LogP contribution in [0.4, 0.5) is 4.39 Å². The molecule has 0 radical (unpaired) electrons. The van der Waals surface area contributed by atoms with Gasteiger partial charge < -0.3 is 10.2 Å². The van der Waals surface area contributed by atoms with Gasteiger partial charge in [-0.15, -0.1) is 0 Å². The Bertz CT molecular complexity index is 810. The van der Waals surface area contributed by atoms with Crippen molar-refractivity contribution in [2.24, 2.45) is 0 Å². The molecule has 2 amide bonds. The van der Waals surface area contributed by atoms with Crippen molar-refractivity contribution in [3.8, 4) is 0 Å². The predicted molar refractivity (Wildman–Crippen MR) is 108 cm³/mol. The minimum absolute atomic E-state index is 0.0330. The molecule has 2 aromatic rings. The van der Waals surface area contributed by atoms with E-state index in [1.807, 2.05) is 38.1 Å². The monoisotopic (exact) mass is 434 g/mol. The lowest BCUT2D eigenvalue weighted by Crippen LogP contribution is -2.49. The Hall–Kier alpha value is -2.21. The van der Waals surface area contributed by atoms with Gasteiger partial charge in [0.15, 0.2) is 0 Å². The van der Waals surface area contributed by atoms with E-state index >= 15 is 0 Å². The van der Waals surface area contributed by atoms with Crippen molar-refractivity contribution in [2.75, 3.05) is 0 Å². The molecule has 1 unspecified atom stereocenters. The van der Waals surface area contributed by atoms with Gasteiger partial charge >= 0.3 is 0 Å². The fourth-order valence-corrected chi connectivity index (χ4v) is 3.17. The van der Waals surface area contributed by atoms with E-state index in [2.05, 4.69) is 21.2 Å². The molecule has 2 rings (SSSR count). The van der Waals surface area contributed by atoms with Crippen LogP contribution in [-0.2, 0) is 22.6 Å². The molecule has 0 fully saturated rings. The van der Waals surface area contributed by atoms with Gasteiger partial charge in [-0.1, -0.05) is 46.3 Å². The van der Waals surface area contributed by atoms with E-state index in [1.165, 1.54) is 11.0 Å². The Kier molecular flexibility index (Phi) is 7.54. The quantitative estimate of drug-likeness (QED) is 0.713. The third-order valence-corrected chi connectivity index (χ3v) is 4.63. The van der Waals surface area contributed by atoms with Crippen molar-refractivity contribution in [1.29, 1.82) is 0 Å². The summed E-state index contributed by atoms with van der Waals surface area (Å²) in [5.41, 5.74) is 1.20. The van der Waals surface area contributed by atoms with E-state index in [9.17, 15) is 14.0 Å². The first-order chi connectivity index (χ1) is 12.8. The van der Waals surface area contributed by atoms with Crippen molar-refractivity contribution in [3.63, 3.8) is 0 Å². The molecule has 0 heterocycles. The minimum Gasteiger partial charge on any atom is -0.352 e. The van der Waals surface area contributed by atoms with E-state index in [0.717, 1.165) is 10.0 Å². The number of rotatable bonds is 7.